The molecule has 0 radical (unpaired) electrons. The van der Waals surface area contributed by atoms with Gasteiger partial charge in [-0.05, 0) is 57.3 Å². The molecule has 1 aromatic heterocycles. The Morgan fingerprint density at radius 2 is 1.85 bits per heavy atom. The number of carbonyl (C=O) groups excluding carboxylic acids is 2. The molecule has 142 valence electrons. The first-order valence-corrected chi connectivity index (χ1v) is 9.94. The van der Waals surface area contributed by atoms with Crippen molar-refractivity contribution in [3.05, 3.63) is 30.1 Å². The number of hydrogen-bond acceptors (Lipinski definition) is 4. The minimum Gasteiger partial charge on any atom is -0.356 e. The first-order valence-electron chi connectivity index (χ1n) is 9.94. The highest BCUT2D eigenvalue weighted by atomic mass is 16.2. The van der Waals surface area contributed by atoms with Gasteiger partial charge >= 0.3 is 0 Å². The smallest absolute Gasteiger partial charge is 0.255 e. The number of carbonyl (C=O) groups is 2. The van der Waals surface area contributed by atoms with Gasteiger partial charge in [0.25, 0.3) is 5.91 Å². The van der Waals surface area contributed by atoms with Crippen LogP contribution in [0.2, 0.25) is 0 Å². The molecule has 1 N–H and O–H groups in total. The molecular formula is C20H30N4O2. The molecule has 1 atom stereocenters. The lowest BCUT2D eigenvalue weighted by molar-refractivity contribution is -0.122. The molecule has 26 heavy (non-hydrogen) atoms. The van der Waals surface area contributed by atoms with E-state index >= 15 is 0 Å². The van der Waals surface area contributed by atoms with Crippen molar-refractivity contribution in [3.63, 3.8) is 0 Å². The van der Waals surface area contributed by atoms with Crippen molar-refractivity contribution in [3.8, 4) is 0 Å². The summed E-state index contributed by atoms with van der Waals surface area (Å²) in [5.74, 6) is 0.182. The van der Waals surface area contributed by atoms with Gasteiger partial charge in [0.15, 0.2) is 0 Å². The minimum absolute atomic E-state index is 0.0372. The monoisotopic (exact) mass is 358 g/mol. The van der Waals surface area contributed by atoms with Gasteiger partial charge < -0.3 is 10.2 Å². The van der Waals surface area contributed by atoms with Gasteiger partial charge in [-0.1, -0.05) is 6.42 Å². The molecule has 2 amide bonds. The van der Waals surface area contributed by atoms with Crippen LogP contribution in [0.1, 0.15) is 55.3 Å². The average Bonchev–Trinajstić information content (AvgIpc) is 2.69. The van der Waals surface area contributed by atoms with Crippen molar-refractivity contribution in [2.75, 3.05) is 32.7 Å². The van der Waals surface area contributed by atoms with Crippen molar-refractivity contribution in [2.24, 2.45) is 0 Å². The second-order valence-electron chi connectivity index (χ2n) is 7.33. The van der Waals surface area contributed by atoms with Crippen molar-refractivity contribution in [1.29, 1.82) is 0 Å². The summed E-state index contributed by atoms with van der Waals surface area (Å²) in [6.45, 7) is 4.17. The zero-order chi connectivity index (χ0) is 18.2. The Hall–Kier alpha value is -1.95. The van der Waals surface area contributed by atoms with Crippen molar-refractivity contribution >= 4 is 11.8 Å². The van der Waals surface area contributed by atoms with E-state index in [1.165, 1.54) is 12.8 Å². The lowest BCUT2D eigenvalue weighted by Crippen LogP contribution is -2.43. The third kappa shape index (κ3) is 5.27. The maximum atomic E-state index is 12.8. The molecule has 0 saturated carbocycles. The van der Waals surface area contributed by atoms with Gasteiger partial charge in [-0.3, -0.25) is 19.5 Å². The van der Waals surface area contributed by atoms with E-state index in [9.17, 15) is 9.59 Å². The number of nitrogens with zero attached hydrogens (tertiary/aromatic N) is 3. The average molecular weight is 358 g/mol. The van der Waals surface area contributed by atoms with Crippen LogP contribution in [0.5, 0.6) is 0 Å². The molecule has 1 aromatic rings. The normalized spacial score (nSPS) is 23.8. The van der Waals surface area contributed by atoms with E-state index in [1.807, 2.05) is 11.0 Å². The van der Waals surface area contributed by atoms with Crippen molar-refractivity contribution in [1.82, 2.24) is 20.1 Å². The predicted octanol–water partition coefficient (Wildman–Crippen LogP) is 2.07. The fourth-order valence-corrected chi connectivity index (χ4v) is 3.97. The van der Waals surface area contributed by atoms with Crippen LogP contribution in [-0.4, -0.2) is 65.4 Å². The molecule has 6 nitrogen and oxygen atoms in total. The van der Waals surface area contributed by atoms with Crippen LogP contribution in [0.4, 0.5) is 0 Å². The number of fused-ring (bicyclic) bond motifs is 1. The fourth-order valence-electron chi connectivity index (χ4n) is 3.97. The van der Waals surface area contributed by atoms with Gasteiger partial charge in [0, 0.05) is 44.5 Å². The number of pyridine rings is 1. The highest BCUT2D eigenvalue weighted by molar-refractivity contribution is 5.93. The minimum atomic E-state index is 0.0372. The molecule has 0 bridgehead atoms. The van der Waals surface area contributed by atoms with Gasteiger partial charge in [-0.25, -0.2) is 0 Å². The van der Waals surface area contributed by atoms with Crippen LogP contribution >= 0.6 is 0 Å². The van der Waals surface area contributed by atoms with E-state index in [-0.39, 0.29) is 11.8 Å². The SMILES string of the molecule is O=C1CC2CCCCN2CCCCN(C(=O)c2cccnc2)CCCN1. The Morgan fingerprint density at radius 3 is 2.65 bits per heavy atom. The number of hydrogen-bond donors (Lipinski definition) is 1. The van der Waals surface area contributed by atoms with Gasteiger partial charge in [0.2, 0.25) is 5.91 Å². The highest BCUT2D eigenvalue weighted by Crippen LogP contribution is 2.20. The Kier molecular flexibility index (Phi) is 7.00. The summed E-state index contributed by atoms with van der Waals surface area (Å²) in [5, 5.41) is 3.04. The maximum Gasteiger partial charge on any atom is 0.255 e. The number of rotatable bonds is 1. The zero-order valence-electron chi connectivity index (χ0n) is 15.5. The van der Waals surface area contributed by atoms with Crippen LogP contribution in [0.3, 0.4) is 0 Å². The van der Waals surface area contributed by atoms with Gasteiger partial charge in [0.05, 0.1) is 5.56 Å². The van der Waals surface area contributed by atoms with Crippen molar-refractivity contribution < 1.29 is 9.59 Å². The third-order valence-electron chi connectivity index (χ3n) is 5.42. The van der Waals surface area contributed by atoms with Crippen LogP contribution in [-0.2, 0) is 4.79 Å². The van der Waals surface area contributed by atoms with Gasteiger partial charge in [-0.15, -0.1) is 0 Å². The molecule has 3 heterocycles. The molecule has 3 rings (SSSR count). The number of nitrogens with one attached hydrogen (secondary N) is 1. The lowest BCUT2D eigenvalue weighted by Gasteiger charge is -2.35. The largest absolute Gasteiger partial charge is 0.356 e. The molecule has 0 spiro atoms. The third-order valence-corrected chi connectivity index (χ3v) is 5.42. The molecule has 2 aliphatic rings. The Labute approximate surface area is 156 Å². The standard InChI is InChI=1S/C20H30N4O2/c25-19-15-18-8-1-2-11-23(18)12-3-4-13-24(14-6-10-22-19)20(26)17-7-5-9-21-16-17/h5,7,9,16,18H,1-4,6,8,10-15H2,(H,22,25). The summed E-state index contributed by atoms with van der Waals surface area (Å²) < 4.78 is 0. The summed E-state index contributed by atoms with van der Waals surface area (Å²) in [6.07, 6.45) is 10.3. The molecular weight excluding hydrogens is 328 g/mol. The van der Waals surface area contributed by atoms with E-state index in [0.717, 1.165) is 45.3 Å². The summed E-state index contributed by atoms with van der Waals surface area (Å²) >= 11 is 0. The molecule has 6 heteroatoms. The van der Waals surface area contributed by atoms with Crippen LogP contribution in [0.25, 0.3) is 0 Å². The molecule has 0 aliphatic carbocycles. The van der Waals surface area contributed by atoms with Gasteiger partial charge in [0.1, 0.15) is 0 Å². The van der Waals surface area contributed by atoms with Gasteiger partial charge in [-0.2, -0.15) is 0 Å². The number of amides is 2. The van der Waals surface area contributed by atoms with E-state index in [4.69, 9.17) is 0 Å². The predicted molar refractivity (Wildman–Crippen MR) is 101 cm³/mol. The molecule has 1 unspecified atom stereocenters. The first kappa shape index (κ1) is 18.8. The summed E-state index contributed by atoms with van der Waals surface area (Å²) in [6, 6.07) is 4.00. The quantitative estimate of drug-likeness (QED) is 0.835. The Morgan fingerprint density at radius 1 is 1.08 bits per heavy atom. The first-order chi connectivity index (χ1) is 12.7. The lowest BCUT2D eigenvalue weighted by atomic mass is 9.98. The number of aromatic nitrogens is 1. The second kappa shape index (κ2) is 9.67. The van der Waals surface area contributed by atoms with E-state index in [2.05, 4.69) is 15.2 Å². The number of piperidine rings is 1. The molecule has 2 saturated heterocycles. The summed E-state index contributed by atoms with van der Waals surface area (Å²) in [5.41, 5.74) is 0.636. The topological polar surface area (TPSA) is 65.5 Å². The molecule has 2 fully saturated rings. The Balaban J connectivity index is 1.63. The van der Waals surface area contributed by atoms with Crippen LogP contribution in [0, 0.1) is 0 Å². The van der Waals surface area contributed by atoms with Crippen LogP contribution in [0.15, 0.2) is 24.5 Å². The zero-order valence-corrected chi connectivity index (χ0v) is 15.5. The van der Waals surface area contributed by atoms with E-state index < -0.39 is 0 Å². The summed E-state index contributed by atoms with van der Waals surface area (Å²) in [7, 11) is 0. The van der Waals surface area contributed by atoms with Crippen molar-refractivity contribution in [2.45, 2.75) is 51.0 Å². The fraction of sp³-hybridized carbons (Fsp3) is 0.650. The van der Waals surface area contributed by atoms with E-state index in [1.54, 1.807) is 18.5 Å². The maximum absolute atomic E-state index is 12.8. The second-order valence-corrected chi connectivity index (χ2v) is 7.33. The van der Waals surface area contributed by atoms with E-state index in [0.29, 0.717) is 31.1 Å². The summed E-state index contributed by atoms with van der Waals surface area (Å²) in [4.78, 5) is 33.5. The molecule has 2 aliphatic heterocycles. The molecule has 0 aromatic carbocycles. The highest BCUT2D eigenvalue weighted by Gasteiger charge is 2.25. The Bertz CT molecular complexity index is 593. The van der Waals surface area contributed by atoms with Crippen LogP contribution < -0.4 is 5.32 Å².